The summed E-state index contributed by atoms with van der Waals surface area (Å²) in [5.74, 6) is 0.0669. The predicted molar refractivity (Wildman–Crippen MR) is 94.6 cm³/mol. The fourth-order valence-electron chi connectivity index (χ4n) is 2.98. The minimum absolute atomic E-state index is 0.0609. The molecule has 0 radical (unpaired) electrons. The van der Waals surface area contributed by atoms with Crippen molar-refractivity contribution < 1.29 is 9.53 Å². The van der Waals surface area contributed by atoms with Crippen LogP contribution in [0.25, 0.3) is 0 Å². The minimum Gasteiger partial charge on any atom is -0.375 e. The van der Waals surface area contributed by atoms with Gasteiger partial charge in [-0.05, 0) is 5.56 Å². The normalized spacial score (nSPS) is 18.0. The fourth-order valence-corrected chi connectivity index (χ4v) is 2.98. The van der Waals surface area contributed by atoms with Crippen LogP contribution in [0.3, 0.4) is 0 Å². The van der Waals surface area contributed by atoms with Gasteiger partial charge in [-0.1, -0.05) is 30.3 Å². The van der Waals surface area contributed by atoms with E-state index in [2.05, 4.69) is 39.1 Å². The molecule has 3 rings (SSSR count). The molecule has 0 N–H and O–H groups in total. The molecule has 2 heterocycles. The molecule has 0 spiro atoms. The van der Waals surface area contributed by atoms with Crippen LogP contribution >= 0.6 is 0 Å². The van der Waals surface area contributed by atoms with Gasteiger partial charge in [0.25, 0.3) is 0 Å². The lowest BCUT2D eigenvalue weighted by Gasteiger charge is -2.33. The standard InChI is InChI=1S/C19H24N4O2/c1-22(14-17-12-20-7-8-21-17)19(24)11-18-15-23(9-10-25-18)13-16-5-3-2-4-6-16/h2-8,12,18H,9-11,13-15H2,1H3/t18-/m0/s1. The summed E-state index contributed by atoms with van der Waals surface area (Å²) >= 11 is 0. The maximum atomic E-state index is 12.5. The summed E-state index contributed by atoms with van der Waals surface area (Å²) in [6.07, 6.45) is 5.28. The second kappa shape index (κ2) is 8.69. The van der Waals surface area contributed by atoms with Crippen molar-refractivity contribution >= 4 is 5.91 Å². The summed E-state index contributed by atoms with van der Waals surface area (Å²) in [5.41, 5.74) is 2.07. The van der Waals surface area contributed by atoms with Crippen LogP contribution in [-0.2, 0) is 22.6 Å². The molecule has 132 valence electrons. The Labute approximate surface area is 148 Å². The first-order valence-corrected chi connectivity index (χ1v) is 8.57. The van der Waals surface area contributed by atoms with Crippen LogP contribution in [0.5, 0.6) is 0 Å². The molecular weight excluding hydrogens is 316 g/mol. The van der Waals surface area contributed by atoms with Crippen LogP contribution in [-0.4, -0.2) is 58.5 Å². The lowest BCUT2D eigenvalue weighted by atomic mass is 10.1. The van der Waals surface area contributed by atoms with Gasteiger partial charge < -0.3 is 9.64 Å². The molecule has 1 atom stereocenters. The number of benzene rings is 1. The molecule has 0 aliphatic carbocycles. The number of ether oxygens (including phenoxy) is 1. The minimum atomic E-state index is -0.0609. The molecule has 1 aliphatic heterocycles. The Morgan fingerprint density at radius 3 is 2.92 bits per heavy atom. The molecule has 1 saturated heterocycles. The van der Waals surface area contributed by atoms with Crippen LogP contribution in [0.4, 0.5) is 0 Å². The highest BCUT2D eigenvalue weighted by atomic mass is 16.5. The molecule has 1 amide bonds. The van der Waals surface area contributed by atoms with Crippen molar-refractivity contribution in [1.29, 1.82) is 0 Å². The summed E-state index contributed by atoms with van der Waals surface area (Å²) in [4.78, 5) is 24.7. The Morgan fingerprint density at radius 1 is 1.32 bits per heavy atom. The Kier molecular flexibility index (Phi) is 6.09. The SMILES string of the molecule is CN(Cc1cnccn1)C(=O)C[C@H]1CN(Cc2ccccc2)CCO1. The average molecular weight is 340 g/mol. The molecule has 6 nitrogen and oxygen atoms in total. The van der Waals surface area contributed by atoms with Crippen LogP contribution in [0.15, 0.2) is 48.9 Å². The molecule has 0 unspecified atom stereocenters. The second-order valence-electron chi connectivity index (χ2n) is 6.36. The highest BCUT2D eigenvalue weighted by molar-refractivity contribution is 5.76. The molecule has 0 bridgehead atoms. The number of hydrogen-bond donors (Lipinski definition) is 0. The van der Waals surface area contributed by atoms with Gasteiger partial charge in [0, 0.05) is 39.1 Å². The highest BCUT2D eigenvalue weighted by Gasteiger charge is 2.24. The van der Waals surface area contributed by atoms with E-state index in [4.69, 9.17) is 4.74 Å². The first-order chi connectivity index (χ1) is 12.2. The third-order valence-corrected chi connectivity index (χ3v) is 4.32. The Hall–Kier alpha value is -2.31. The van der Waals surface area contributed by atoms with E-state index in [1.807, 2.05) is 6.07 Å². The predicted octanol–water partition coefficient (Wildman–Crippen LogP) is 1.73. The number of carbonyl (C=O) groups is 1. The zero-order valence-electron chi connectivity index (χ0n) is 14.5. The maximum Gasteiger partial charge on any atom is 0.225 e. The summed E-state index contributed by atoms with van der Waals surface area (Å²) in [5, 5.41) is 0. The molecule has 1 aromatic heterocycles. The van der Waals surface area contributed by atoms with E-state index in [-0.39, 0.29) is 12.0 Å². The third kappa shape index (κ3) is 5.34. The van der Waals surface area contributed by atoms with Crippen LogP contribution in [0.2, 0.25) is 0 Å². The van der Waals surface area contributed by atoms with Crippen molar-refractivity contribution in [2.45, 2.75) is 25.6 Å². The summed E-state index contributed by atoms with van der Waals surface area (Å²) < 4.78 is 5.80. The van der Waals surface area contributed by atoms with Crippen molar-refractivity contribution in [3.63, 3.8) is 0 Å². The molecular formula is C19H24N4O2. The first-order valence-electron chi connectivity index (χ1n) is 8.57. The highest BCUT2D eigenvalue weighted by Crippen LogP contribution is 2.14. The van der Waals surface area contributed by atoms with Gasteiger partial charge in [-0.15, -0.1) is 0 Å². The van der Waals surface area contributed by atoms with E-state index in [0.717, 1.165) is 25.3 Å². The number of amides is 1. The summed E-state index contributed by atoms with van der Waals surface area (Å²) in [7, 11) is 1.79. The van der Waals surface area contributed by atoms with Gasteiger partial charge in [0.05, 0.1) is 37.6 Å². The van der Waals surface area contributed by atoms with Gasteiger partial charge in [-0.25, -0.2) is 0 Å². The zero-order chi connectivity index (χ0) is 17.5. The summed E-state index contributed by atoms with van der Waals surface area (Å²) in [6.45, 7) is 3.70. The van der Waals surface area contributed by atoms with E-state index >= 15 is 0 Å². The fraction of sp³-hybridized carbons (Fsp3) is 0.421. The smallest absolute Gasteiger partial charge is 0.225 e. The molecule has 6 heteroatoms. The van der Waals surface area contributed by atoms with Gasteiger partial charge in [-0.2, -0.15) is 0 Å². The number of aromatic nitrogens is 2. The van der Waals surface area contributed by atoms with E-state index in [9.17, 15) is 4.79 Å². The van der Waals surface area contributed by atoms with Crippen molar-refractivity contribution in [3.8, 4) is 0 Å². The molecule has 1 aliphatic rings. The Balaban J connectivity index is 1.49. The van der Waals surface area contributed by atoms with Gasteiger partial charge in [-0.3, -0.25) is 19.7 Å². The quantitative estimate of drug-likeness (QED) is 0.801. The van der Waals surface area contributed by atoms with Crippen LogP contribution < -0.4 is 0 Å². The number of morpholine rings is 1. The van der Waals surface area contributed by atoms with Crippen molar-refractivity contribution in [1.82, 2.24) is 19.8 Å². The van der Waals surface area contributed by atoms with Crippen molar-refractivity contribution in [2.75, 3.05) is 26.7 Å². The van der Waals surface area contributed by atoms with E-state index < -0.39 is 0 Å². The summed E-state index contributed by atoms with van der Waals surface area (Å²) in [6, 6.07) is 10.4. The van der Waals surface area contributed by atoms with Crippen molar-refractivity contribution in [3.05, 3.63) is 60.2 Å². The van der Waals surface area contributed by atoms with Crippen LogP contribution in [0.1, 0.15) is 17.7 Å². The average Bonchev–Trinajstić information content (AvgIpc) is 2.63. The topological polar surface area (TPSA) is 58.6 Å². The number of carbonyl (C=O) groups excluding carboxylic acids is 1. The lowest BCUT2D eigenvalue weighted by molar-refractivity contribution is -0.135. The Bertz CT molecular complexity index is 666. The van der Waals surface area contributed by atoms with E-state index in [0.29, 0.717) is 19.6 Å². The van der Waals surface area contributed by atoms with Gasteiger partial charge in [0.15, 0.2) is 0 Å². The zero-order valence-corrected chi connectivity index (χ0v) is 14.5. The lowest BCUT2D eigenvalue weighted by Crippen LogP contribution is -2.44. The molecule has 1 fully saturated rings. The van der Waals surface area contributed by atoms with E-state index in [1.165, 1.54) is 5.56 Å². The molecule has 0 saturated carbocycles. The van der Waals surface area contributed by atoms with E-state index in [1.54, 1.807) is 30.5 Å². The Morgan fingerprint density at radius 2 is 2.16 bits per heavy atom. The molecule has 2 aromatic rings. The monoisotopic (exact) mass is 340 g/mol. The first kappa shape index (κ1) is 17.5. The maximum absolute atomic E-state index is 12.5. The third-order valence-electron chi connectivity index (χ3n) is 4.32. The van der Waals surface area contributed by atoms with Crippen molar-refractivity contribution in [2.24, 2.45) is 0 Å². The van der Waals surface area contributed by atoms with Gasteiger partial charge in [0.1, 0.15) is 0 Å². The number of hydrogen-bond acceptors (Lipinski definition) is 5. The molecule has 25 heavy (non-hydrogen) atoms. The molecule has 1 aromatic carbocycles. The van der Waals surface area contributed by atoms with Crippen LogP contribution in [0, 0.1) is 0 Å². The number of nitrogens with zero attached hydrogens (tertiary/aromatic N) is 4. The van der Waals surface area contributed by atoms with Gasteiger partial charge >= 0.3 is 0 Å². The number of rotatable bonds is 6. The van der Waals surface area contributed by atoms with Gasteiger partial charge in [0.2, 0.25) is 5.91 Å². The second-order valence-corrected chi connectivity index (χ2v) is 6.36. The largest absolute Gasteiger partial charge is 0.375 e.